The molecule has 3 nitrogen and oxygen atoms in total. The van der Waals surface area contributed by atoms with Gasteiger partial charge in [-0.2, -0.15) is 0 Å². The molecule has 0 aliphatic rings. The lowest BCUT2D eigenvalue weighted by Crippen LogP contribution is -2.10. The Balaban J connectivity index is 2.47. The van der Waals surface area contributed by atoms with Gasteiger partial charge in [0, 0.05) is 17.8 Å². The van der Waals surface area contributed by atoms with Crippen LogP contribution in [0.4, 0.5) is 0 Å². The van der Waals surface area contributed by atoms with Gasteiger partial charge in [-0.1, -0.05) is 19.9 Å². The van der Waals surface area contributed by atoms with Crippen LogP contribution in [-0.2, 0) is 0 Å². The van der Waals surface area contributed by atoms with Crippen molar-refractivity contribution in [2.45, 2.75) is 39.7 Å². The minimum Gasteiger partial charge on any atom is -0.477 e. The van der Waals surface area contributed by atoms with Crippen LogP contribution in [0, 0.1) is 5.92 Å². The zero-order chi connectivity index (χ0) is 12.0. The van der Waals surface area contributed by atoms with Crippen LogP contribution in [0.15, 0.2) is 18.3 Å². The Morgan fingerprint density at radius 2 is 2.12 bits per heavy atom. The maximum Gasteiger partial charge on any atom is 0.218 e. The van der Waals surface area contributed by atoms with Gasteiger partial charge in [0.25, 0.3) is 0 Å². The Morgan fingerprint density at radius 1 is 1.38 bits per heavy atom. The second-order valence-corrected chi connectivity index (χ2v) is 4.57. The highest BCUT2D eigenvalue weighted by Crippen LogP contribution is 2.20. The number of pyridine rings is 1. The van der Waals surface area contributed by atoms with Gasteiger partial charge in [0.2, 0.25) is 5.88 Å². The van der Waals surface area contributed by atoms with E-state index in [0.717, 1.165) is 24.5 Å². The molecule has 1 heterocycles. The quantitative estimate of drug-likeness (QED) is 0.753. The molecule has 1 aromatic heterocycles. The lowest BCUT2D eigenvalue weighted by molar-refractivity contribution is 0.283. The molecule has 16 heavy (non-hydrogen) atoms. The molecule has 0 aliphatic carbocycles. The van der Waals surface area contributed by atoms with Crippen LogP contribution in [0.1, 0.15) is 45.2 Å². The van der Waals surface area contributed by atoms with Crippen molar-refractivity contribution in [1.29, 1.82) is 0 Å². The van der Waals surface area contributed by atoms with Crippen molar-refractivity contribution in [3.63, 3.8) is 0 Å². The third-order valence-corrected chi connectivity index (χ3v) is 2.46. The molecule has 0 aliphatic heterocycles. The van der Waals surface area contributed by atoms with E-state index in [1.807, 2.05) is 19.1 Å². The molecular weight excluding hydrogens is 200 g/mol. The molecule has 1 atom stereocenters. The predicted molar refractivity (Wildman–Crippen MR) is 66.4 cm³/mol. The highest BCUT2D eigenvalue weighted by molar-refractivity contribution is 5.27. The monoisotopic (exact) mass is 222 g/mol. The Hall–Kier alpha value is -1.09. The third-order valence-electron chi connectivity index (χ3n) is 2.46. The molecule has 0 spiro atoms. The van der Waals surface area contributed by atoms with Crippen molar-refractivity contribution in [2.75, 3.05) is 6.61 Å². The summed E-state index contributed by atoms with van der Waals surface area (Å²) in [6, 6.07) is 3.82. The third kappa shape index (κ3) is 4.19. The minimum absolute atomic E-state index is 0.0335. The predicted octanol–water partition coefficient (Wildman–Crippen LogP) is 2.92. The Labute approximate surface area is 98.0 Å². The van der Waals surface area contributed by atoms with Crippen LogP contribution in [0.2, 0.25) is 0 Å². The van der Waals surface area contributed by atoms with Gasteiger partial charge in [0.05, 0.1) is 6.61 Å². The molecule has 90 valence electrons. The highest BCUT2D eigenvalue weighted by Gasteiger charge is 2.08. The second kappa shape index (κ2) is 6.48. The minimum atomic E-state index is -0.0335. The standard InChI is InChI=1S/C13H22N2O/c1-10(2)6-5-9-16-13-12(11(3)14)7-4-8-15-13/h4,7-8,10-11H,5-6,9,14H2,1-3H3. The maximum absolute atomic E-state index is 5.85. The smallest absolute Gasteiger partial charge is 0.218 e. The van der Waals surface area contributed by atoms with Gasteiger partial charge in [-0.05, 0) is 31.7 Å². The van der Waals surface area contributed by atoms with Crippen LogP contribution in [0.25, 0.3) is 0 Å². The van der Waals surface area contributed by atoms with Crippen molar-refractivity contribution in [1.82, 2.24) is 4.98 Å². The fourth-order valence-electron chi connectivity index (χ4n) is 1.53. The van der Waals surface area contributed by atoms with Crippen molar-refractivity contribution < 1.29 is 4.74 Å². The average Bonchev–Trinajstić information content (AvgIpc) is 2.24. The molecule has 0 radical (unpaired) electrons. The average molecular weight is 222 g/mol. The van der Waals surface area contributed by atoms with Gasteiger partial charge >= 0.3 is 0 Å². The normalized spacial score (nSPS) is 12.8. The molecule has 1 rings (SSSR count). The summed E-state index contributed by atoms with van der Waals surface area (Å²) in [4.78, 5) is 4.21. The van der Waals surface area contributed by atoms with E-state index in [4.69, 9.17) is 10.5 Å². The van der Waals surface area contributed by atoms with Crippen LogP contribution in [0.5, 0.6) is 5.88 Å². The van der Waals surface area contributed by atoms with Gasteiger partial charge in [-0.3, -0.25) is 0 Å². The molecule has 0 saturated carbocycles. The first-order valence-corrected chi connectivity index (χ1v) is 5.94. The van der Waals surface area contributed by atoms with E-state index in [1.165, 1.54) is 6.42 Å². The van der Waals surface area contributed by atoms with Crippen molar-refractivity contribution >= 4 is 0 Å². The topological polar surface area (TPSA) is 48.1 Å². The summed E-state index contributed by atoms with van der Waals surface area (Å²) in [5.41, 5.74) is 6.83. The molecule has 0 fully saturated rings. The van der Waals surface area contributed by atoms with Gasteiger partial charge < -0.3 is 10.5 Å². The first-order valence-electron chi connectivity index (χ1n) is 5.94. The van der Waals surface area contributed by atoms with Crippen molar-refractivity contribution in [3.05, 3.63) is 23.9 Å². The molecular formula is C13H22N2O. The molecule has 1 unspecified atom stereocenters. The highest BCUT2D eigenvalue weighted by atomic mass is 16.5. The van der Waals surface area contributed by atoms with Crippen LogP contribution in [-0.4, -0.2) is 11.6 Å². The van der Waals surface area contributed by atoms with Gasteiger partial charge in [-0.25, -0.2) is 4.98 Å². The van der Waals surface area contributed by atoms with Crippen LogP contribution >= 0.6 is 0 Å². The molecule has 3 heteroatoms. The van der Waals surface area contributed by atoms with E-state index >= 15 is 0 Å². The number of hydrogen-bond donors (Lipinski definition) is 1. The fraction of sp³-hybridized carbons (Fsp3) is 0.615. The van der Waals surface area contributed by atoms with Crippen molar-refractivity contribution in [2.24, 2.45) is 11.7 Å². The van der Waals surface area contributed by atoms with E-state index in [9.17, 15) is 0 Å². The number of aromatic nitrogens is 1. The van der Waals surface area contributed by atoms with E-state index < -0.39 is 0 Å². The fourth-order valence-corrected chi connectivity index (χ4v) is 1.53. The summed E-state index contributed by atoms with van der Waals surface area (Å²) in [5, 5.41) is 0. The lowest BCUT2D eigenvalue weighted by atomic mass is 10.1. The number of nitrogens with zero attached hydrogens (tertiary/aromatic N) is 1. The van der Waals surface area contributed by atoms with Gasteiger partial charge in [0.15, 0.2) is 0 Å². The largest absolute Gasteiger partial charge is 0.477 e. The summed E-state index contributed by atoms with van der Waals surface area (Å²) < 4.78 is 5.66. The summed E-state index contributed by atoms with van der Waals surface area (Å²) in [7, 11) is 0. The first-order chi connectivity index (χ1) is 7.61. The lowest BCUT2D eigenvalue weighted by Gasteiger charge is -2.12. The molecule has 0 aromatic carbocycles. The van der Waals surface area contributed by atoms with E-state index in [-0.39, 0.29) is 6.04 Å². The Kier molecular flexibility index (Phi) is 5.26. The van der Waals surface area contributed by atoms with Crippen LogP contribution < -0.4 is 10.5 Å². The molecule has 0 bridgehead atoms. The first kappa shape index (κ1) is 13.0. The van der Waals surface area contributed by atoms with Crippen molar-refractivity contribution in [3.8, 4) is 5.88 Å². The summed E-state index contributed by atoms with van der Waals surface area (Å²) >= 11 is 0. The Bertz CT molecular complexity index is 311. The zero-order valence-corrected chi connectivity index (χ0v) is 10.4. The summed E-state index contributed by atoms with van der Waals surface area (Å²) in [6.45, 7) is 7.09. The van der Waals surface area contributed by atoms with E-state index in [1.54, 1.807) is 6.20 Å². The number of ether oxygens (including phenoxy) is 1. The molecule has 2 N–H and O–H groups in total. The SMILES string of the molecule is CC(C)CCCOc1ncccc1C(C)N. The molecule has 0 amide bonds. The summed E-state index contributed by atoms with van der Waals surface area (Å²) in [6.07, 6.45) is 3.98. The molecule has 1 aromatic rings. The van der Waals surface area contributed by atoms with E-state index in [2.05, 4.69) is 18.8 Å². The maximum atomic E-state index is 5.85. The van der Waals surface area contributed by atoms with Gasteiger partial charge in [-0.15, -0.1) is 0 Å². The van der Waals surface area contributed by atoms with E-state index in [0.29, 0.717) is 5.88 Å². The number of rotatable bonds is 6. The Morgan fingerprint density at radius 3 is 2.75 bits per heavy atom. The molecule has 0 saturated heterocycles. The summed E-state index contributed by atoms with van der Waals surface area (Å²) in [5.74, 6) is 1.40. The number of hydrogen-bond acceptors (Lipinski definition) is 3. The van der Waals surface area contributed by atoms with Crippen LogP contribution in [0.3, 0.4) is 0 Å². The second-order valence-electron chi connectivity index (χ2n) is 4.57. The zero-order valence-electron chi connectivity index (χ0n) is 10.4. The van der Waals surface area contributed by atoms with Gasteiger partial charge in [0.1, 0.15) is 0 Å². The number of nitrogens with two attached hydrogens (primary N) is 1.